The molecule has 2 nitrogen and oxygen atoms in total. The summed E-state index contributed by atoms with van der Waals surface area (Å²) in [6, 6.07) is 17.0. The van der Waals surface area contributed by atoms with Crippen LogP contribution in [0.4, 0.5) is 0 Å². The summed E-state index contributed by atoms with van der Waals surface area (Å²) in [5.74, 6) is 0. The van der Waals surface area contributed by atoms with E-state index in [4.69, 9.17) is 8.85 Å². The molecule has 0 aliphatic carbocycles. The molecule has 5 heteroatoms. The third-order valence-electron chi connectivity index (χ3n) is 3.14. The van der Waals surface area contributed by atoms with Gasteiger partial charge < -0.3 is 8.85 Å². The van der Waals surface area contributed by atoms with Crippen molar-refractivity contribution >= 4 is 64.1 Å². The topological polar surface area (TPSA) is 18.5 Å². The molecule has 2 rings (SSSR count). The summed E-state index contributed by atoms with van der Waals surface area (Å²) in [6.07, 6.45) is 0. The van der Waals surface area contributed by atoms with Gasteiger partial charge in [-0.15, -0.1) is 0 Å². The molecule has 0 radical (unpaired) electrons. The summed E-state index contributed by atoms with van der Waals surface area (Å²) in [4.78, 5) is 0. The van der Waals surface area contributed by atoms with Crippen LogP contribution in [0.5, 0.6) is 0 Å². The highest BCUT2D eigenvalue weighted by Crippen LogP contribution is 2.13. The molecule has 0 aromatic heterocycles. The lowest BCUT2D eigenvalue weighted by Gasteiger charge is -2.30. The SMILES string of the molecule is CCO[Si](OCC)(c1ccc(I)cc1)c1ccc(I)cc1. The van der Waals surface area contributed by atoms with Crippen molar-refractivity contribution in [2.45, 2.75) is 13.8 Å². The van der Waals surface area contributed by atoms with E-state index >= 15 is 0 Å². The van der Waals surface area contributed by atoms with Crippen LogP contribution in [-0.2, 0) is 8.85 Å². The monoisotopic (exact) mass is 524 g/mol. The molecule has 0 bridgehead atoms. The molecule has 0 fully saturated rings. The molecule has 21 heavy (non-hydrogen) atoms. The summed E-state index contributed by atoms with van der Waals surface area (Å²) in [7, 11) is -2.60. The first-order valence-corrected chi connectivity index (χ1v) is 10.9. The van der Waals surface area contributed by atoms with Crippen molar-refractivity contribution in [3.05, 3.63) is 55.7 Å². The molecule has 2 aromatic rings. The third-order valence-corrected chi connectivity index (χ3v) is 8.16. The van der Waals surface area contributed by atoms with E-state index in [1.165, 1.54) is 7.14 Å². The van der Waals surface area contributed by atoms with Crippen LogP contribution in [0.25, 0.3) is 0 Å². The number of benzene rings is 2. The second-order valence-electron chi connectivity index (χ2n) is 4.50. The minimum atomic E-state index is -2.60. The van der Waals surface area contributed by atoms with E-state index in [1.54, 1.807) is 0 Å². The van der Waals surface area contributed by atoms with Crippen molar-refractivity contribution in [3.63, 3.8) is 0 Å². The fraction of sp³-hybridized carbons (Fsp3) is 0.250. The van der Waals surface area contributed by atoms with Crippen LogP contribution < -0.4 is 10.4 Å². The van der Waals surface area contributed by atoms with Crippen molar-refractivity contribution in [1.29, 1.82) is 0 Å². The molecule has 2 aromatic carbocycles. The molecule has 0 N–H and O–H groups in total. The largest absolute Gasteiger partial charge is 0.407 e. The first kappa shape index (κ1) is 17.4. The molecule has 0 atom stereocenters. The Morgan fingerprint density at radius 3 is 1.33 bits per heavy atom. The number of hydrogen-bond acceptors (Lipinski definition) is 2. The lowest BCUT2D eigenvalue weighted by molar-refractivity contribution is 0.208. The molecule has 0 unspecified atom stereocenters. The fourth-order valence-corrected chi connectivity index (χ4v) is 6.11. The maximum absolute atomic E-state index is 6.23. The van der Waals surface area contributed by atoms with Gasteiger partial charge in [0.2, 0.25) is 0 Å². The van der Waals surface area contributed by atoms with Gasteiger partial charge in [-0.1, -0.05) is 24.3 Å². The predicted octanol–water partition coefficient (Wildman–Crippen LogP) is 3.53. The third kappa shape index (κ3) is 4.07. The van der Waals surface area contributed by atoms with Gasteiger partial charge in [-0.3, -0.25) is 0 Å². The zero-order valence-corrected chi connectivity index (χ0v) is 17.4. The van der Waals surface area contributed by atoms with Crippen LogP contribution >= 0.6 is 45.2 Å². The first-order chi connectivity index (χ1) is 10.1. The second-order valence-corrected chi connectivity index (χ2v) is 9.95. The normalized spacial score (nSPS) is 11.6. The van der Waals surface area contributed by atoms with Crippen LogP contribution in [0.1, 0.15) is 13.8 Å². The summed E-state index contributed by atoms with van der Waals surface area (Å²) in [5, 5.41) is 2.32. The van der Waals surface area contributed by atoms with Crippen molar-refractivity contribution in [1.82, 2.24) is 0 Å². The average Bonchev–Trinajstić information content (AvgIpc) is 2.48. The number of hydrogen-bond donors (Lipinski definition) is 0. The lowest BCUT2D eigenvalue weighted by Crippen LogP contribution is -2.63. The van der Waals surface area contributed by atoms with E-state index in [0.29, 0.717) is 13.2 Å². The van der Waals surface area contributed by atoms with Crippen molar-refractivity contribution < 1.29 is 8.85 Å². The maximum Gasteiger partial charge on any atom is 0.407 e. The molecule has 0 saturated heterocycles. The number of rotatable bonds is 6. The van der Waals surface area contributed by atoms with Gasteiger partial charge in [0, 0.05) is 20.4 Å². The van der Waals surface area contributed by atoms with E-state index in [-0.39, 0.29) is 0 Å². The Morgan fingerprint density at radius 1 is 0.714 bits per heavy atom. The molecular weight excluding hydrogens is 506 g/mol. The Labute approximate surface area is 154 Å². The lowest BCUT2D eigenvalue weighted by atomic mass is 10.4. The van der Waals surface area contributed by atoms with Crippen LogP contribution in [-0.4, -0.2) is 21.8 Å². The van der Waals surface area contributed by atoms with E-state index in [1.807, 2.05) is 13.8 Å². The molecule has 0 spiro atoms. The quantitative estimate of drug-likeness (QED) is 0.426. The molecule has 112 valence electrons. The highest BCUT2D eigenvalue weighted by Gasteiger charge is 2.42. The van der Waals surface area contributed by atoms with Crippen molar-refractivity contribution in [2.24, 2.45) is 0 Å². The van der Waals surface area contributed by atoms with Crippen LogP contribution in [0.2, 0.25) is 0 Å². The van der Waals surface area contributed by atoms with E-state index in [2.05, 4.69) is 93.7 Å². The standard InChI is InChI=1S/C16H18I2O2Si/c1-3-19-21(20-4-2,15-9-5-13(17)6-10-15)16-11-7-14(18)8-12-16/h5-12H,3-4H2,1-2H3. The van der Waals surface area contributed by atoms with Crippen LogP contribution in [0.15, 0.2) is 48.5 Å². The average molecular weight is 524 g/mol. The van der Waals surface area contributed by atoms with Gasteiger partial charge in [-0.2, -0.15) is 0 Å². The molecule has 0 amide bonds. The van der Waals surface area contributed by atoms with Gasteiger partial charge >= 0.3 is 8.56 Å². The summed E-state index contributed by atoms with van der Waals surface area (Å²) >= 11 is 4.64. The van der Waals surface area contributed by atoms with Crippen LogP contribution in [0.3, 0.4) is 0 Å². The van der Waals surface area contributed by atoms with Gasteiger partial charge in [0.25, 0.3) is 0 Å². The zero-order chi connectivity index (χ0) is 15.3. The predicted molar refractivity (Wildman–Crippen MR) is 107 cm³/mol. The Morgan fingerprint density at radius 2 is 1.05 bits per heavy atom. The Bertz CT molecular complexity index is 516. The first-order valence-electron chi connectivity index (χ1n) is 6.92. The summed E-state index contributed by atoms with van der Waals surface area (Å²) in [6.45, 7) is 5.34. The van der Waals surface area contributed by atoms with Gasteiger partial charge in [-0.25, -0.2) is 0 Å². The van der Waals surface area contributed by atoms with E-state index in [9.17, 15) is 0 Å². The zero-order valence-electron chi connectivity index (χ0n) is 12.1. The molecule has 0 aliphatic rings. The van der Waals surface area contributed by atoms with Gasteiger partial charge in [0.1, 0.15) is 0 Å². The van der Waals surface area contributed by atoms with Crippen molar-refractivity contribution in [3.8, 4) is 0 Å². The number of halogens is 2. The summed E-state index contributed by atoms with van der Waals surface area (Å²) < 4.78 is 14.9. The highest BCUT2D eigenvalue weighted by atomic mass is 127. The van der Waals surface area contributed by atoms with E-state index in [0.717, 1.165) is 10.4 Å². The Kier molecular flexibility index (Phi) is 6.67. The minimum Gasteiger partial charge on any atom is -0.388 e. The molecular formula is C16H18I2O2Si. The van der Waals surface area contributed by atoms with Gasteiger partial charge in [0.05, 0.1) is 0 Å². The van der Waals surface area contributed by atoms with Crippen LogP contribution in [0, 0.1) is 7.14 Å². The fourth-order valence-electron chi connectivity index (χ4n) is 2.29. The Hall–Kier alpha value is 0.0369. The second kappa shape index (κ2) is 8.05. The van der Waals surface area contributed by atoms with E-state index < -0.39 is 8.56 Å². The van der Waals surface area contributed by atoms with Gasteiger partial charge in [0.15, 0.2) is 0 Å². The molecule has 0 heterocycles. The Balaban J connectivity index is 2.56. The maximum atomic E-state index is 6.23. The highest BCUT2D eigenvalue weighted by molar-refractivity contribution is 14.1. The molecule has 0 saturated carbocycles. The smallest absolute Gasteiger partial charge is 0.388 e. The minimum absolute atomic E-state index is 0.643. The summed E-state index contributed by atoms with van der Waals surface area (Å²) in [5.41, 5.74) is 0. The molecule has 0 aliphatic heterocycles. The van der Waals surface area contributed by atoms with Crippen molar-refractivity contribution in [2.75, 3.05) is 13.2 Å². The van der Waals surface area contributed by atoms with Gasteiger partial charge in [-0.05, 0) is 93.7 Å².